The van der Waals surface area contributed by atoms with Crippen LogP contribution in [0.25, 0.3) is 0 Å². The third-order valence-electron chi connectivity index (χ3n) is 6.18. The molecule has 1 aliphatic rings. The zero-order chi connectivity index (χ0) is 26.5. The van der Waals surface area contributed by atoms with E-state index in [-0.39, 0.29) is 11.2 Å². The van der Waals surface area contributed by atoms with E-state index in [1.54, 1.807) is 18.2 Å². The molecule has 37 heavy (non-hydrogen) atoms. The first-order chi connectivity index (χ1) is 17.6. The smallest absolute Gasteiger partial charge is 0.178 e. The van der Waals surface area contributed by atoms with Gasteiger partial charge in [-0.25, -0.2) is 13.4 Å². The lowest BCUT2D eigenvalue weighted by Gasteiger charge is -2.18. The fraction of sp³-hybridized carbons (Fsp3) is 0.414. The van der Waals surface area contributed by atoms with E-state index in [4.69, 9.17) is 9.72 Å². The summed E-state index contributed by atoms with van der Waals surface area (Å²) in [5.41, 5.74) is 2.22. The van der Waals surface area contributed by atoms with Gasteiger partial charge in [-0.05, 0) is 92.4 Å². The van der Waals surface area contributed by atoms with Crippen LogP contribution in [0.4, 0.5) is 23.0 Å². The molecule has 0 aliphatic carbocycles. The van der Waals surface area contributed by atoms with Gasteiger partial charge in [0.25, 0.3) is 0 Å². The van der Waals surface area contributed by atoms with Crippen molar-refractivity contribution in [2.45, 2.75) is 45.4 Å². The van der Waals surface area contributed by atoms with Crippen LogP contribution >= 0.6 is 0 Å². The molecule has 0 saturated carbocycles. The molecule has 1 aromatic heterocycles. The number of rotatable bonds is 10. The van der Waals surface area contributed by atoms with Gasteiger partial charge in [-0.15, -0.1) is 0 Å². The Morgan fingerprint density at radius 3 is 2.38 bits per heavy atom. The van der Waals surface area contributed by atoms with E-state index in [1.165, 1.54) is 25.9 Å². The number of ether oxygens (including phenoxy) is 1. The Morgan fingerprint density at radius 2 is 1.68 bits per heavy atom. The van der Waals surface area contributed by atoms with Crippen molar-refractivity contribution in [3.05, 3.63) is 66.2 Å². The molecule has 3 aromatic rings. The number of aromatic nitrogens is 1. The molecular weight excluding hydrogens is 484 g/mol. The molecule has 0 radical (unpaired) electrons. The molecule has 2 aromatic carbocycles. The second-order valence-corrected chi connectivity index (χ2v) is 12.9. The van der Waals surface area contributed by atoms with Gasteiger partial charge in [0.2, 0.25) is 0 Å². The van der Waals surface area contributed by atoms with Gasteiger partial charge in [-0.2, -0.15) is 0 Å². The minimum atomic E-state index is -3.39. The van der Waals surface area contributed by atoms with Gasteiger partial charge in [0, 0.05) is 17.9 Å². The molecule has 1 aliphatic heterocycles. The third kappa shape index (κ3) is 7.94. The molecule has 2 heterocycles. The number of aryl methyl sites for hydroxylation is 1. The first-order valence-corrected chi connectivity index (χ1v) is 14.5. The molecule has 1 fully saturated rings. The number of hydrogen-bond donors (Lipinski definition) is 2. The lowest BCUT2D eigenvalue weighted by atomic mass is 10.0. The number of nitrogens with one attached hydrogen (secondary N) is 2. The van der Waals surface area contributed by atoms with Gasteiger partial charge in [0.05, 0.1) is 10.6 Å². The van der Waals surface area contributed by atoms with E-state index in [0.29, 0.717) is 28.8 Å². The van der Waals surface area contributed by atoms with Gasteiger partial charge >= 0.3 is 0 Å². The number of benzene rings is 2. The Labute approximate surface area is 221 Å². The van der Waals surface area contributed by atoms with Crippen LogP contribution in [0.15, 0.2) is 65.6 Å². The fourth-order valence-corrected chi connectivity index (χ4v) is 6.26. The number of pyridine rings is 1. The third-order valence-corrected chi connectivity index (χ3v) is 8.40. The number of nitrogens with zero attached hydrogens (tertiary/aromatic N) is 2. The summed E-state index contributed by atoms with van der Waals surface area (Å²) in [5, 5.41) is 6.63. The van der Waals surface area contributed by atoms with Gasteiger partial charge < -0.3 is 15.4 Å². The van der Waals surface area contributed by atoms with Crippen molar-refractivity contribution < 1.29 is 13.2 Å². The van der Waals surface area contributed by atoms with Gasteiger partial charge in [-0.3, -0.25) is 4.90 Å². The van der Waals surface area contributed by atoms with Crippen LogP contribution in [0.5, 0.6) is 5.75 Å². The molecule has 0 atom stereocenters. The first-order valence-electron chi connectivity index (χ1n) is 12.9. The van der Waals surface area contributed by atoms with E-state index in [9.17, 15) is 8.42 Å². The molecule has 7 nitrogen and oxygen atoms in total. The molecule has 0 amide bonds. The van der Waals surface area contributed by atoms with Gasteiger partial charge in [0.15, 0.2) is 9.84 Å². The van der Waals surface area contributed by atoms with Crippen LogP contribution in [0, 0.1) is 12.3 Å². The topological polar surface area (TPSA) is 83.6 Å². The van der Waals surface area contributed by atoms with Crippen molar-refractivity contribution in [2.75, 3.05) is 42.6 Å². The largest absolute Gasteiger partial charge is 0.492 e. The summed E-state index contributed by atoms with van der Waals surface area (Å²) in [5.74, 6) is 2.29. The summed E-state index contributed by atoms with van der Waals surface area (Å²) in [6, 6.07) is 18.7. The zero-order valence-electron chi connectivity index (χ0n) is 22.3. The Balaban J connectivity index is 1.39. The summed E-state index contributed by atoms with van der Waals surface area (Å²) in [4.78, 5) is 7.47. The Morgan fingerprint density at radius 1 is 0.946 bits per heavy atom. The number of sulfone groups is 1. The van der Waals surface area contributed by atoms with Crippen LogP contribution in [-0.2, 0) is 9.84 Å². The summed E-state index contributed by atoms with van der Waals surface area (Å²) >= 11 is 0. The highest BCUT2D eigenvalue weighted by molar-refractivity contribution is 7.91. The van der Waals surface area contributed by atoms with E-state index < -0.39 is 9.84 Å². The van der Waals surface area contributed by atoms with E-state index in [0.717, 1.165) is 23.5 Å². The first kappa shape index (κ1) is 26.9. The molecule has 2 N–H and O–H groups in total. The summed E-state index contributed by atoms with van der Waals surface area (Å²) in [6.07, 6.45) is 2.58. The number of hydrogen-bond acceptors (Lipinski definition) is 7. The molecule has 0 spiro atoms. The van der Waals surface area contributed by atoms with Crippen LogP contribution in [0.2, 0.25) is 0 Å². The predicted octanol–water partition coefficient (Wildman–Crippen LogP) is 6.17. The van der Waals surface area contributed by atoms with Crippen LogP contribution in [-0.4, -0.2) is 50.3 Å². The molecule has 0 unspecified atom stereocenters. The van der Waals surface area contributed by atoms with Crippen molar-refractivity contribution in [1.29, 1.82) is 0 Å². The lowest BCUT2D eigenvalue weighted by molar-refractivity contribution is 0.238. The maximum absolute atomic E-state index is 12.9. The average Bonchev–Trinajstić information content (AvgIpc) is 3.35. The second-order valence-electron chi connectivity index (χ2n) is 10.9. The Hall–Kier alpha value is -3.10. The molecular formula is C29H38N4O3S. The van der Waals surface area contributed by atoms with Crippen molar-refractivity contribution >= 4 is 32.8 Å². The summed E-state index contributed by atoms with van der Waals surface area (Å²) in [7, 11) is -3.39. The second kappa shape index (κ2) is 11.5. The summed E-state index contributed by atoms with van der Waals surface area (Å²) < 4.78 is 31.6. The van der Waals surface area contributed by atoms with E-state index >= 15 is 0 Å². The monoisotopic (exact) mass is 522 g/mol. The summed E-state index contributed by atoms with van der Waals surface area (Å²) in [6.45, 7) is 11.8. The predicted molar refractivity (Wildman–Crippen MR) is 151 cm³/mol. The maximum Gasteiger partial charge on any atom is 0.178 e. The molecule has 4 rings (SSSR count). The van der Waals surface area contributed by atoms with Crippen molar-refractivity contribution in [2.24, 2.45) is 5.41 Å². The minimum absolute atomic E-state index is 0.0857. The molecule has 0 bridgehead atoms. The molecule has 1 saturated heterocycles. The van der Waals surface area contributed by atoms with E-state index in [2.05, 4.69) is 15.5 Å². The Bertz CT molecular complexity index is 1300. The number of anilines is 4. The minimum Gasteiger partial charge on any atom is -0.492 e. The van der Waals surface area contributed by atoms with E-state index in [1.807, 2.05) is 70.2 Å². The number of likely N-dealkylation sites (tertiary alicyclic amines) is 1. The highest BCUT2D eigenvalue weighted by atomic mass is 32.2. The van der Waals surface area contributed by atoms with Gasteiger partial charge in [-0.1, -0.05) is 32.9 Å². The maximum atomic E-state index is 12.9. The average molecular weight is 523 g/mol. The fourth-order valence-electron chi connectivity index (χ4n) is 4.36. The van der Waals surface area contributed by atoms with Crippen LogP contribution in [0.3, 0.4) is 0 Å². The molecule has 198 valence electrons. The standard InChI is InChI=1S/C29H38N4O3S/c1-22-10-15-27(30-23-11-13-25(14-12-23)36-19-18-33-16-5-6-17-33)32-28(22)31-24-8-7-9-26(20-24)37(34,35)21-29(2,3)4/h7-15,20H,5-6,16-19,21H2,1-4H3,(H2,30,31,32). The van der Waals surface area contributed by atoms with Crippen LogP contribution in [0.1, 0.15) is 39.2 Å². The van der Waals surface area contributed by atoms with Crippen molar-refractivity contribution in [3.63, 3.8) is 0 Å². The van der Waals surface area contributed by atoms with Gasteiger partial charge in [0.1, 0.15) is 24.0 Å². The zero-order valence-corrected chi connectivity index (χ0v) is 23.1. The SMILES string of the molecule is Cc1ccc(Nc2ccc(OCCN3CCCC3)cc2)nc1Nc1cccc(S(=O)(=O)CC(C)(C)C)c1. The van der Waals surface area contributed by atoms with Crippen molar-refractivity contribution in [3.8, 4) is 5.75 Å². The molecule has 8 heteroatoms. The highest BCUT2D eigenvalue weighted by Crippen LogP contribution is 2.27. The van der Waals surface area contributed by atoms with Crippen molar-refractivity contribution in [1.82, 2.24) is 9.88 Å². The normalized spacial score (nSPS) is 14.5. The lowest BCUT2D eigenvalue weighted by Crippen LogP contribution is -2.25. The quantitative estimate of drug-likeness (QED) is 0.329. The van der Waals surface area contributed by atoms with Crippen LogP contribution < -0.4 is 15.4 Å². The Kier molecular flexibility index (Phi) is 8.39. The highest BCUT2D eigenvalue weighted by Gasteiger charge is 2.23.